The molecule has 0 aliphatic carbocycles. The molecule has 1 atom stereocenters. The predicted octanol–water partition coefficient (Wildman–Crippen LogP) is 1.92. The molecular weight excluding hydrogens is 202 g/mol. The lowest BCUT2D eigenvalue weighted by Crippen LogP contribution is -2.35. The molecule has 0 aliphatic rings. The van der Waals surface area contributed by atoms with Crippen molar-refractivity contribution in [3.63, 3.8) is 0 Å². The fourth-order valence-corrected chi connectivity index (χ4v) is 1.46. The Morgan fingerprint density at radius 1 is 1.56 bits per heavy atom. The van der Waals surface area contributed by atoms with E-state index in [0.29, 0.717) is 12.1 Å². The average Bonchev–Trinajstić information content (AvgIpc) is 2.30. The molecule has 0 saturated carbocycles. The largest absolute Gasteiger partial charge is 0.396 e. The monoisotopic (exact) mass is 219 g/mol. The van der Waals surface area contributed by atoms with E-state index in [2.05, 4.69) is 24.1 Å². The molecule has 0 fully saturated rings. The average molecular weight is 219 g/mol. The summed E-state index contributed by atoms with van der Waals surface area (Å²) in [5.74, 6) is 0. The zero-order chi connectivity index (χ0) is 12.0. The maximum atomic E-state index is 8.99. The number of aliphatic hydroxyl groups excluding tert-OH is 1. The quantitative estimate of drug-likeness (QED) is 0.793. The molecule has 1 unspecified atom stereocenters. The third-order valence-electron chi connectivity index (χ3n) is 2.77. The van der Waals surface area contributed by atoms with Gasteiger partial charge in [-0.25, -0.2) is 4.98 Å². The molecule has 0 aliphatic heterocycles. The SMILES string of the molecule is CCC(C)(CCO)Nc1ccc(C#N)nc1. The van der Waals surface area contributed by atoms with Crippen LogP contribution in [0.15, 0.2) is 18.3 Å². The number of aromatic nitrogens is 1. The third-order valence-corrected chi connectivity index (χ3v) is 2.77. The Balaban J connectivity index is 2.75. The zero-order valence-corrected chi connectivity index (χ0v) is 9.70. The summed E-state index contributed by atoms with van der Waals surface area (Å²) in [5.41, 5.74) is 1.15. The van der Waals surface area contributed by atoms with Crippen molar-refractivity contribution in [3.8, 4) is 6.07 Å². The lowest BCUT2D eigenvalue weighted by molar-refractivity contribution is 0.252. The molecule has 1 heterocycles. The number of pyridine rings is 1. The molecule has 0 amide bonds. The summed E-state index contributed by atoms with van der Waals surface area (Å²) in [4.78, 5) is 3.99. The van der Waals surface area contributed by atoms with Crippen molar-refractivity contribution in [2.75, 3.05) is 11.9 Å². The minimum absolute atomic E-state index is 0.134. The second-order valence-electron chi connectivity index (χ2n) is 4.06. The minimum Gasteiger partial charge on any atom is -0.396 e. The third kappa shape index (κ3) is 3.21. The Labute approximate surface area is 95.9 Å². The van der Waals surface area contributed by atoms with E-state index in [1.807, 2.05) is 12.1 Å². The van der Waals surface area contributed by atoms with Crippen LogP contribution >= 0.6 is 0 Å². The van der Waals surface area contributed by atoms with E-state index in [4.69, 9.17) is 10.4 Å². The van der Waals surface area contributed by atoms with Gasteiger partial charge in [0.15, 0.2) is 0 Å². The van der Waals surface area contributed by atoms with Gasteiger partial charge in [0.1, 0.15) is 11.8 Å². The molecule has 4 heteroatoms. The van der Waals surface area contributed by atoms with Crippen LogP contribution in [0.5, 0.6) is 0 Å². The van der Waals surface area contributed by atoms with Crippen molar-refractivity contribution in [1.82, 2.24) is 4.98 Å². The van der Waals surface area contributed by atoms with Gasteiger partial charge in [0.05, 0.1) is 11.9 Å². The van der Waals surface area contributed by atoms with Crippen LogP contribution < -0.4 is 5.32 Å². The lowest BCUT2D eigenvalue weighted by Gasteiger charge is -2.30. The number of hydrogen-bond donors (Lipinski definition) is 2. The van der Waals surface area contributed by atoms with Crippen molar-refractivity contribution < 1.29 is 5.11 Å². The number of nitriles is 1. The van der Waals surface area contributed by atoms with Gasteiger partial charge >= 0.3 is 0 Å². The van der Waals surface area contributed by atoms with Crippen LogP contribution in [0.3, 0.4) is 0 Å². The topological polar surface area (TPSA) is 68.9 Å². The van der Waals surface area contributed by atoms with Gasteiger partial charge in [0.25, 0.3) is 0 Å². The van der Waals surface area contributed by atoms with Gasteiger partial charge in [-0.05, 0) is 31.9 Å². The first-order valence-corrected chi connectivity index (χ1v) is 5.39. The fourth-order valence-electron chi connectivity index (χ4n) is 1.46. The van der Waals surface area contributed by atoms with E-state index >= 15 is 0 Å². The van der Waals surface area contributed by atoms with Gasteiger partial charge in [0, 0.05) is 12.1 Å². The van der Waals surface area contributed by atoms with E-state index in [1.165, 1.54) is 0 Å². The molecular formula is C12H17N3O. The first-order chi connectivity index (χ1) is 7.63. The molecule has 0 saturated heterocycles. The Kier molecular flexibility index (Phi) is 4.27. The summed E-state index contributed by atoms with van der Waals surface area (Å²) in [5, 5.41) is 20.9. The van der Waals surface area contributed by atoms with Gasteiger partial charge in [-0.2, -0.15) is 5.26 Å². The second-order valence-corrected chi connectivity index (χ2v) is 4.06. The van der Waals surface area contributed by atoms with Crippen LogP contribution in [-0.2, 0) is 0 Å². The lowest BCUT2D eigenvalue weighted by atomic mass is 9.94. The van der Waals surface area contributed by atoms with Gasteiger partial charge < -0.3 is 10.4 Å². The number of nitrogens with one attached hydrogen (secondary N) is 1. The normalized spacial score (nSPS) is 13.9. The molecule has 4 nitrogen and oxygen atoms in total. The Morgan fingerprint density at radius 3 is 2.75 bits per heavy atom. The fraction of sp³-hybridized carbons (Fsp3) is 0.500. The van der Waals surface area contributed by atoms with E-state index in [9.17, 15) is 0 Å². The van der Waals surface area contributed by atoms with Gasteiger partial charge in [-0.3, -0.25) is 0 Å². The summed E-state index contributed by atoms with van der Waals surface area (Å²) >= 11 is 0. The van der Waals surface area contributed by atoms with Crippen molar-refractivity contribution in [3.05, 3.63) is 24.0 Å². The number of aliphatic hydroxyl groups is 1. The molecule has 2 N–H and O–H groups in total. The van der Waals surface area contributed by atoms with Crippen LogP contribution in [0, 0.1) is 11.3 Å². The van der Waals surface area contributed by atoms with Crippen molar-refractivity contribution in [2.24, 2.45) is 0 Å². The minimum atomic E-state index is -0.134. The molecule has 0 radical (unpaired) electrons. The number of hydrogen-bond acceptors (Lipinski definition) is 4. The van der Waals surface area contributed by atoms with Crippen LogP contribution in [-0.4, -0.2) is 22.2 Å². The maximum absolute atomic E-state index is 8.99. The van der Waals surface area contributed by atoms with Gasteiger partial charge in [-0.15, -0.1) is 0 Å². The van der Waals surface area contributed by atoms with E-state index in [0.717, 1.165) is 12.1 Å². The molecule has 16 heavy (non-hydrogen) atoms. The first kappa shape index (κ1) is 12.5. The molecule has 86 valence electrons. The summed E-state index contributed by atoms with van der Waals surface area (Å²) in [7, 11) is 0. The van der Waals surface area contributed by atoms with Gasteiger partial charge in [0.2, 0.25) is 0 Å². The maximum Gasteiger partial charge on any atom is 0.140 e. The second kappa shape index (κ2) is 5.47. The highest BCUT2D eigenvalue weighted by Gasteiger charge is 2.20. The molecule has 1 rings (SSSR count). The Bertz CT molecular complexity index is 369. The Hall–Kier alpha value is -1.60. The number of nitrogens with zero attached hydrogens (tertiary/aromatic N) is 2. The first-order valence-electron chi connectivity index (χ1n) is 5.39. The molecule has 0 spiro atoms. The van der Waals surface area contributed by atoms with Crippen molar-refractivity contribution >= 4 is 5.69 Å². The highest BCUT2D eigenvalue weighted by atomic mass is 16.3. The van der Waals surface area contributed by atoms with Crippen molar-refractivity contribution in [1.29, 1.82) is 5.26 Å². The van der Waals surface area contributed by atoms with Crippen LogP contribution in [0.1, 0.15) is 32.4 Å². The molecule has 1 aromatic heterocycles. The summed E-state index contributed by atoms with van der Waals surface area (Å²) < 4.78 is 0. The van der Waals surface area contributed by atoms with E-state index in [-0.39, 0.29) is 12.1 Å². The van der Waals surface area contributed by atoms with Crippen LogP contribution in [0.2, 0.25) is 0 Å². The Morgan fingerprint density at radius 2 is 2.31 bits per heavy atom. The van der Waals surface area contributed by atoms with E-state index < -0.39 is 0 Å². The summed E-state index contributed by atoms with van der Waals surface area (Å²) in [6.45, 7) is 4.28. The van der Waals surface area contributed by atoms with E-state index in [1.54, 1.807) is 12.3 Å². The zero-order valence-electron chi connectivity index (χ0n) is 9.70. The summed E-state index contributed by atoms with van der Waals surface area (Å²) in [6, 6.07) is 5.49. The highest BCUT2D eigenvalue weighted by molar-refractivity contribution is 5.44. The smallest absolute Gasteiger partial charge is 0.140 e. The molecule has 0 aromatic carbocycles. The molecule has 1 aromatic rings. The van der Waals surface area contributed by atoms with Crippen LogP contribution in [0.25, 0.3) is 0 Å². The van der Waals surface area contributed by atoms with Gasteiger partial charge in [-0.1, -0.05) is 6.92 Å². The molecule has 0 bridgehead atoms. The van der Waals surface area contributed by atoms with Crippen molar-refractivity contribution in [2.45, 2.75) is 32.2 Å². The number of anilines is 1. The highest BCUT2D eigenvalue weighted by Crippen LogP contribution is 2.21. The summed E-state index contributed by atoms with van der Waals surface area (Å²) in [6.07, 6.45) is 3.24. The van der Waals surface area contributed by atoms with Crippen LogP contribution in [0.4, 0.5) is 5.69 Å². The standard InChI is InChI=1S/C12H17N3O/c1-3-12(2,6-7-16)15-11-5-4-10(8-13)14-9-11/h4-5,9,15-16H,3,6-7H2,1-2H3. The number of rotatable bonds is 5. The predicted molar refractivity (Wildman–Crippen MR) is 63.0 cm³/mol.